The lowest BCUT2D eigenvalue weighted by Gasteiger charge is -2.30. The second kappa shape index (κ2) is 6.32. The summed E-state index contributed by atoms with van der Waals surface area (Å²) in [4.78, 5) is 14.8. The molecule has 25 heavy (non-hydrogen) atoms. The van der Waals surface area contributed by atoms with Crippen molar-refractivity contribution in [2.24, 2.45) is 0 Å². The van der Waals surface area contributed by atoms with Crippen LogP contribution < -0.4 is 14.4 Å². The van der Waals surface area contributed by atoms with Gasteiger partial charge in [0.1, 0.15) is 18.1 Å². The Morgan fingerprint density at radius 2 is 2.12 bits per heavy atom. The third-order valence-electron chi connectivity index (χ3n) is 4.14. The van der Waals surface area contributed by atoms with Gasteiger partial charge in [-0.05, 0) is 36.4 Å². The normalized spacial score (nSPS) is 13.1. The van der Waals surface area contributed by atoms with Crippen LogP contribution in [0.3, 0.4) is 0 Å². The molecule has 1 aliphatic heterocycles. The van der Waals surface area contributed by atoms with Crippen molar-refractivity contribution < 1.29 is 14.3 Å². The number of benzene rings is 2. The van der Waals surface area contributed by atoms with Crippen molar-refractivity contribution in [1.29, 1.82) is 0 Å². The van der Waals surface area contributed by atoms with E-state index >= 15 is 0 Å². The summed E-state index contributed by atoms with van der Waals surface area (Å²) in [5.41, 5.74) is 2.17. The smallest absolute Gasteiger partial charge is 0.258 e. The average Bonchev–Trinajstić information content (AvgIpc) is 3.21. The van der Waals surface area contributed by atoms with E-state index in [9.17, 15) is 4.79 Å². The van der Waals surface area contributed by atoms with E-state index in [4.69, 9.17) is 9.47 Å². The van der Waals surface area contributed by atoms with Crippen molar-refractivity contribution in [1.82, 2.24) is 9.78 Å². The molecule has 0 atom stereocenters. The van der Waals surface area contributed by atoms with Gasteiger partial charge >= 0.3 is 0 Å². The molecule has 4 rings (SSSR count). The number of methoxy groups -OCH3 is 1. The summed E-state index contributed by atoms with van der Waals surface area (Å²) in [5, 5.41) is 4.21. The van der Waals surface area contributed by atoms with Gasteiger partial charge in [0.25, 0.3) is 5.91 Å². The van der Waals surface area contributed by atoms with Crippen molar-refractivity contribution in [3.05, 3.63) is 66.5 Å². The highest BCUT2D eigenvalue weighted by Gasteiger charge is 2.25. The molecule has 0 unspecified atom stereocenters. The second-order valence-electron chi connectivity index (χ2n) is 5.64. The number of hydrogen-bond donors (Lipinski definition) is 0. The van der Waals surface area contributed by atoms with Crippen LogP contribution in [0.5, 0.6) is 11.5 Å². The molecule has 0 spiro atoms. The third-order valence-corrected chi connectivity index (χ3v) is 4.14. The van der Waals surface area contributed by atoms with Crippen LogP contribution in [0.1, 0.15) is 10.4 Å². The van der Waals surface area contributed by atoms with E-state index in [1.54, 1.807) is 22.9 Å². The van der Waals surface area contributed by atoms with Gasteiger partial charge in [-0.2, -0.15) is 5.10 Å². The Labute approximate surface area is 145 Å². The minimum absolute atomic E-state index is 0.0770. The maximum absolute atomic E-state index is 13.1. The summed E-state index contributed by atoms with van der Waals surface area (Å²) in [5.74, 6) is 1.29. The minimum Gasteiger partial charge on any atom is -0.497 e. The molecular formula is C19H17N3O3. The number of hydrogen-bond acceptors (Lipinski definition) is 4. The van der Waals surface area contributed by atoms with Crippen molar-refractivity contribution in [3.63, 3.8) is 0 Å². The lowest BCUT2D eigenvalue weighted by atomic mass is 10.1. The predicted octanol–water partition coefficient (Wildman–Crippen LogP) is 2.92. The van der Waals surface area contributed by atoms with Crippen molar-refractivity contribution in [2.45, 2.75) is 0 Å². The molecule has 1 amide bonds. The molecule has 6 heteroatoms. The largest absolute Gasteiger partial charge is 0.497 e. The summed E-state index contributed by atoms with van der Waals surface area (Å²) in [7, 11) is 1.60. The van der Waals surface area contributed by atoms with Crippen LogP contribution in [-0.4, -0.2) is 35.9 Å². The Bertz CT molecular complexity index is 906. The fourth-order valence-electron chi connectivity index (χ4n) is 2.89. The first-order valence-electron chi connectivity index (χ1n) is 7.99. The molecule has 2 heterocycles. The van der Waals surface area contributed by atoms with E-state index in [1.807, 2.05) is 54.7 Å². The van der Waals surface area contributed by atoms with Crippen LogP contribution in [0.4, 0.5) is 5.69 Å². The highest BCUT2D eigenvalue weighted by Crippen LogP contribution is 2.35. The molecule has 0 N–H and O–H groups in total. The summed E-state index contributed by atoms with van der Waals surface area (Å²) < 4.78 is 12.7. The zero-order valence-corrected chi connectivity index (χ0v) is 13.8. The minimum atomic E-state index is -0.0770. The zero-order chi connectivity index (χ0) is 17.2. The van der Waals surface area contributed by atoms with Gasteiger partial charge in [-0.25, -0.2) is 4.68 Å². The van der Waals surface area contributed by atoms with Gasteiger partial charge in [-0.1, -0.05) is 6.07 Å². The number of rotatable bonds is 3. The standard InChI is InChI=1S/C19H17N3O3/c1-24-16-6-7-18-17(13-16)21(10-11-25-18)19(23)14-4-2-5-15(12-14)22-9-3-8-20-22/h2-9,12-13H,10-11H2,1H3. The SMILES string of the molecule is COc1ccc2c(c1)N(C(=O)c1cccc(-n3cccn3)c1)CCO2. The second-order valence-corrected chi connectivity index (χ2v) is 5.64. The first-order valence-corrected chi connectivity index (χ1v) is 7.99. The van der Waals surface area contributed by atoms with Gasteiger partial charge in [0.15, 0.2) is 0 Å². The molecule has 1 aromatic heterocycles. The van der Waals surface area contributed by atoms with Gasteiger partial charge in [-0.3, -0.25) is 4.79 Å². The molecule has 0 fully saturated rings. The Kier molecular flexibility index (Phi) is 3.85. The maximum atomic E-state index is 13.1. The van der Waals surface area contributed by atoms with E-state index in [0.717, 1.165) is 11.4 Å². The fraction of sp³-hybridized carbons (Fsp3) is 0.158. The van der Waals surface area contributed by atoms with E-state index in [-0.39, 0.29) is 5.91 Å². The number of ether oxygens (including phenoxy) is 2. The van der Waals surface area contributed by atoms with Crippen LogP contribution in [-0.2, 0) is 0 Å². The fourth-order valence-corrected chi connectivity index (χ4v) is 2.89. The highest BCUT2D eigenvalue weighted by molar-refractivity contribution is 6.07. The molecule has 0 saturated carbocycles. The lowest BCUT2D eigenvalue weighted by molar-refractivity contribution is 0.0976. The zero-order valence-electron chi connectivity index (χ0n) is 13.8. The Balaban J connectivity index is 1.70. The van der Waals surface area contributed by atoms with E-state index in [1.165, 1.54) is 0 Å². The van der Waals surface area contributed by atoms with E-state index in [2.05, 4.69) is 5.10 Å². The molecular weight excluding hydrogens is 318 g/mol. The van der Waals surface area contributed by atoms with Crippen molar-refractivity contribution >= 4 is 11.6 Å². The van der Waals surface area contributed by atoms with Gasteiger partial charge in [0, 0.05) is 24.0 Å². The van der Waals surface area contributed by atoms with Crippen molar-refractivity contribution in [2.75, 3.05) is 25.2 Å². The quantitative estimate of drug-likeness (QED) is 0.738. The number of nitrogens with zero attached hydrogens (tertiary/aromatic N) is 3. The van der Waals surface area contributed by atoms with Crippen LogP contribution in [0.15, 0.2) is 60.9 Å². The summed E-state index contributed by atoms with van der Waals surface area (Å²) in [6.07, 6.45) is 3.55. The van der Waals surface area contributed by atoms with Gasteiger partial charge in [-0.15, -0.1) is 0 Å². The molecule has 3 aromatic rings. The molecule has 0 aliphatic carbocycles. The molecule has 0 saturated heterocycles. The number of carbonyl (C=O) groups excluding carboxylic acids is 1. The van der Waals surface area contributed by atoms with E-state index in [0.29, 0.717) is 30.2 Å². The predicted molar refractivity (Wildman–Crippen MR) is 93.7 cm³/mol. The molecule has 6 nitrogen and oxygen atoms in total. The number of anilines is 1. The first kappa shape index (κ1) is 15.3. The molecule has 0 bridgehead atoms. The van der Waals surface area contributed by atoms with E-state index < -0.39 is 0 Å². The van der Waals surface area contributed by atoms with Crippen LogP contribution in [0.2, 0.25) is 0 Å². The topological polar surface area (TPSA) is 56.6 Å². The van der Waals surface area contributed by atoms with Gasteiger partial charge in [0.2, 0.25) is 0 Å². The maximum Gasteiger partial charge on any atom is 0.258 e. The Hall–Kier alpha value is -3.28. The molecule has 2 aromatic carbocycles. The molecule has 0 radical (unpaired) electrons. The van der Waals surface area contributed by atoms with Crippen molar-refractivity contribution in [3.8, 4) is 17.2 Å². The number of aromatic nitrogens is 2. The number of amides is 1. The number of fused-ring (bicyclic) bond motifs is 1. The number of carbonyl (C=O) groups is 1. The first-order chi connectivity index (χ1) is 12.3. The Morgan fingerprint density at radius 1 is 1.20 bits per heavy atom. The molecule has 126 valence electrons. The highest BCUT2D eigenvalue weighted by atomic mass is 16.5. The van der Waals surface area contributed by atoms with Crippen LogP contribution in [0, 0.1) is 0 Å². The summed E-state index contributed by atoms with van der Waals surface area (Å²) in [6, 6.07) is 14.7. The summed E-state index contributed by atoms with van der Waals surface area (Å²) >= 11 is 0. The van der Waals surface area contributed by atoms with Crippen LogP contribution >= 0.6 is 0 Å². The van der Waals surface area contributed by atoms with Gasteiger partial charge in [0.05, 0.1) is 25.0 Å². The summed E-state index contributed by atoms with van der Waals surface area (Å²) in [6.45, 7) is 0.953. The molecule has 1 aliphatic rings. The average molecular weight is 335 g/mol. The van der Waals surface area contributed by atoms with Gasteiger partial charge < -0.3 is 14.4 Å². The van der Waals surface area contributed by atoms with Crippen LogP contribution in [0.25, 0.3) is 5.69 Å². The third kappa shape index (κ3) is 2.82. The monoisotopic (exact) mass is 335 g/mol. The lowest BCUT2D eigenvalue weighted by Crippen LogP contribution is -2.38. The Morgan fingerprint density at radius 3 is 2.92 bits per heavy atom.